The number of carboxylic acids is 1. The van der Waals surface area contributed by atoms with E-state index in [1.54, 1.807) is 35.0 Å². The summed E-state index contributed by atoms with van der Waals surface area (Å²) in [6.07, 6.45) is 0. The number of aryl methyl sites for hydroxylation is 2. The molecule has 7 nitrogen and oxygen atoms in total. The summed E-state index contributed by atoms with van der Waals surface area (Å²) in [4.78, 5) is 22.8. The zero-order valence-corrected chi connectivity index (χ0v) is 12.4. The van der Waals surface area contributed by atoms with Gasteiger partial charge in [-0.2, -0.15) is 5.10 Å². The van der Waals surface area contributed by atoms with Gasteiger partial charge in [0.25, 0.3) is 5.91 Å². The van der Waals surface area contributed by atoms with Crippen molar-refractivity contribution in [3.05, 3.63) is 41.7 Å². The summed E-state index contributed by atoms with van der Waals surface area (Å²) < 4.78 is 6.70. The average Bonchev–Trinajstić information content (AvgIpc) is 2.87. The Morgan fingerprint density at radius 2 is 2.14 bits per heavy atom. The number of hydrogen-bond acceptors (Lipinski definition) is 4. The Hall–Kier alpha value is -2.83. The number of nitrogens with zero attached hydrogens (tertiary/aromatic N) is 2. The van der Waals surface area contributed by atoms with Crippen LogP contribution in [0.1, 0.15) is 23.1 Å². The molecular formula is C15H17N3O4. The first-order valence-corrected chi connectivity index (χ1v) is 6.80. The van der Waals surface area contributed by atoms with Crippen LogP contribution in [0.3, 0.4) is 0 Å². The third kappa shape index (κ3) is 3.85. The number of ether oxygens (including phenoxy) is 1. The van der Waals surface area contributed by atoms with Crippen molar-refractivity contribution in [1.82, 2.24) is 9.78 Å². The number of carbonyl (C=O) groups is 2. The third-order valence-corrected chi connectivity index (χ3v) is 2.89. The number of carbonyl (C=O) groups excluding carboxylic acids is 1. The lowest BCUT2D eigenvalue weighted by molar-refractivity contribution is -0.139. The van der Waals surface area contributed by atoms with Crippen LogP contribution in [0.15, 0.2) is 30.3 Å². The van der Waals surface area contributed by atoms with Gasteiger partial charge in [-0.05, 0) is 32.0 Å². The Balaban J connectivity index is 2.11. The second-order valence-corrected chi connectivity index (χ2v) is 4.65. The predicted octanol–water partition coefficient (Wildman–Crippen LogP) is 1.93. The maximum absolute atomic E-state index is 12.3. The lowest BCUT2D eigenvalue weighted by Gasteiger charge is -2.08. The number of rotatable bonds is 6. The molecule has 1 amide bonds. The summed E-state index contributed by atoms with van der Waals surface area (Å²) in [5, 5.41) is 15.6. The van der Waals surface area contributed by atoms with Crippen LogP contribution in [0.2, 0.25) is 0 Å². The van der Waals surface area contributed by atoms with Crippen molar-refractivity contribution in [2.75, 3.05) is 11.9 Å². The molecule has 0 spiro atoms. The van der Waals surface area contributed by atoms with Gasteiger partial charge < -0.3 is 15.2 Å². The lowest BCUT2D eigenvalue weighted by atomic mass is 10.2. The maximum atomic E-state index is 12.3. The molecule has 0 aliphatic rings. The predicted molar refractivity (Wildman–Crippen MR) is 80.2 cm³/mol. The number of aromatic nitrogens is 2. The van der Waals surface area contributed by atoms with Crippen molar-refractivity contribution in [1.29, 1.82) is 0 Å². The molecule has 7 heteroatoms. The van der Waals surface area contributed by atoms with Crippen LogP contribution < -0.4 is 10.1 Å². The van der Waals surface area contributed by atoms with Crippen LogP contribution >= 0.6 is 0 Å². The minimum absolute atomic E-state index is 0.280. The van der Waals surface area contributed by atoms with E-state index in [0.29, 0.717) is 23.7 Å². The van der Waals surface area contributed by atoms with Crippen molar-refractivity contribution >= 4 is 17.6 Å². The molecule has 0 saturated heterocycles. The number of aliphatic carboxylic acids is 1. The van der Waals surface area contributed by atoms with Crippen LogP contribution in [0.4, 0.5) is 5.69 Å². The first-order valence-electron chi connectivity index (χ1n) is 6.80. The maximum Gasteiger partial charge on any atom is 0.341 e. The number of anilines is 1. The highest BCUT2D eigenvalue weighted by molar-refractivity contribution is 6.03. The summed E-state index contributed by atoms with van der Waals surface area (Å²) in [6.45, 7) is 3.89. The molecule has 0 unspecified atom stereocenters. The lowest BCUT2D eigenvalue weighted by Crippen LogP contribution is -2.17. The molecular weight excluding hydrogens is 286 g/mol. The number of carboxylic acid groups (broad SMARTS) is 1. The summed E-state index contributed by atoms with van der Waals surface area (Å²) in [5.74, 6) is -0.963. The smallest absolute Gasteiger partial charge is 0.341 e. The molecule has 22 heavy (non-hydrogen) atoms. The van der Waals surface area contributed by atoms with Crippen molar-refractivity contribution in [2.45, 2.75) is 20.4 Å². The van der Waals surface area contributed by atoms with Gasteiger partial charge in [-0.25, -0.2) is 4.79 Å². The van der Waals surface area contributed by atoms with Gasteiger partial charge in [0.05, 0.1) is 5.69 Å². The SMILES string of the molecule is CCn1nc(C)cc1C(=O)Nc1cccc(OCC(=O)O)c1. The first kappa shape index (κ1) is 15.6. The second-order valence-electron chi connectivity index (χ2n) is 4.65. The van der Waals surface area contributed by atoms with Crippen LogP contribution in [0, 0.1) is 6.92 Å². The highest BCUT2D eigenvalue weighted by Gasteiger charge is 2.13. The molecule has 2 aromatic rings. The number of benzene rings is 1. The fraction of sp³-hybridized carbons (Fsp3) is 0.267. The normalized spacial score (nSPS) is 10.3. The molecule has 1 aromatic carbocycles. The largest absolute Gasteiger partial charge is 0.482 e. The first-order chi connectivity index (χ1) is 10.5. The molecule has 116 valence electrons. The van der Waals surface area contributed by atoms with E-state index in [9.17, 15) is 9.59 Å². The molecule has 0 fully saturated rings. The molecule has 0 saturated carbocycles. The monoisotopic (exact) mass is 303 g/mol. The van der Waals surface area contributed by atoms with Gasteiger partial charge in [0.1, 0.15) is 11.4 Å². The molecule has 2 rings (SSSR count). The van der Waals surface area contributed by atoms with E-state index in [0.717, 1.165) is 5.69 Å². The van der Waals surface area contributed by atoms with Crippen molar-refractivity contribution in [3.63, 3.8) is 0 Å². The number of nitrogens with one attached hydrogen (secondary N) is 1. The highest BCUT2D eigenvalue weighted by atomic mass is 16.5. The molecule has 0 radical (unpaired) electrons. The molecule has 2 N–H and O–H groups in total. The number of amides is 1. The highest BCUT2D eigenvalue weighted by Crippen LogP contribution is 2.18. The summed E-state index contributed by atoms with van der Waals surface area (Å²) >= 11 is 0. The zero-order chi connectivity index (χ0) is 16.1. The quantitative estimate of drug-likeness (QED) is 0.850. The fourth-order valence-electron chi connectivity index (χ4n) is 1.97. The van der Waals surface area contributed by atoms with E-state index in [4.69, 9.17) is 9.84 Å². The van der Waals surface area contributed by atoms with Gasteiger partial charge in [0.2, 0.25) is 0 Å². The Morgan fingerprint density at radius 1 is 1.36 bits per heavy atom. The molecule has 0 bridgehead atoms. The standard InChI is InChI=1S/C15H17N3O4/c1-3-18-13(7-10(2)17-18)15(21)16-11-5-4-6-12(8-11)22-9-14(19)20/h4-8H,3,9H2,1-2H3,(H,16,21)(H,19,20). The Morgan fingerprint density at radius 3 is 2.82 bits per heavy atom. The van der Waals surface area contributed by atoms with Gasteiger partial charge in [-0.1, -0.05) is 6.07 Å². The summed E-state index contributed by atoms with van der Waals surface area (Å²) in [6, 6.07) is 8.28. The number of hydrogen-bond donors (Lipinski definition) is 2. The second kappa shape index (κ2) is 6.75. The van der Waals surface area contributed by atoms with E-state index in [2.05, 4.69) is 10.4 Å². The minimum Gasteiger partial charge on any atom is -0.482 e. The molecule has 0 aliphatic heterocycles. The van der Waals surface area contributed by atoms with E-state index in [1.165, 1.54) is 0 Å². The van der Waals surface area contributed by atoms with Gasteiger partial charge in [-0.15, -0.1) is 0 Å². The van der Waals surface area contributed by atoms with Crippen molar-refractivity contribution in [3.8, 4) is 5.75 Å². The van der Waals surface area contributed by atoms with Gasteiger partial charge >= 0.3 is 5.97 Å². The van der Waals surface area contributed by atoms with Gasteiger partial charge in [-0.3, -0.25) is 9.48 Å². The topological polar surface area (TPSA) is 93.5 Å². The molecule has 0 aliphatic carbocycles. The van der Waals surface area contributed by atoms with Crippen LogP contribution in [-0.4, -0.2) is 33.4 Å². The van der Waals surface area contributed by atoms with Crippen molar-refractivity contribution in [2.24, 2.45) is 0 Å². The van der Waals surface area contributed by atoms with E-state index < -0.39 is 12.6 Å². The van der Waals surface area contributed by atoms with Crippen LogP contribution in [-0.2, 0) is 11.3 Å². The van der Waals surface area contributed by atoms with Gasteiger partial charge in [0.15, 0.2) is 6.61 Å². The Bertz CT molecular complexity index is 694. The van der Waals surface area contributed by atoms with E-state index in [1.807, 2.05) is 13.8 Å². The Kier molecular flexibility index (Phi) is 4.77. The molecule has 1 heterocycles. The minimum atomic E-state index is -1.06. The van der Waals surface area contributed by atoms with Crippen molar-refractivity contribution < 1.29 is 19.4 Å². The van der Waals surface area contributed by atoms with Crippen LogP contribution in [0.25, 0.3) is 0 Å². The molecule has 1 aromatic heterocycles. The summed E-state index contributed by atoms with van der Waals surface area (Å²) in [5.41, 5.74) is 1.76. The molecule has 0 atom stereocenters. The third-order valence-electron chi connectivity index (χ3n) is 2.89. The van der Waals surface area contributed by atoms with E-state index >= 15 is 0 Å². The average molecular weight is 303 g/mol. The van der Waals surface area contributed by atoms with Crippen LogP contribution in [0.5, 0.6) is 5.75 Å². The Labute approximate surface area is 127 Å². The fourth-order valence-corrected chi connectivity index (χ4v) is 1.97. The summed E-state index contributed by atoms with van der Waals surface area (Å²) in [7, 11) is 0. The van der Waals surface area contributed by atoms with Gasteiger partial charge in [0, 0.05) is 18.3 Å². The zero-order valence-electron chi connectivity index (χ0n) is 12.4. The van der Waals surface area contributed by atoms with E-state index in [-0.39, 0.29) is 5.91 Å².